The Morgan fingerprint density at radius 3 is 2.55 bits per heavy atom. The van der Waals surface area contributed by atoms with Crippen LogP contribution in [0.4, 0.5) is 0 Å². The van der Waals surface area contributed by atoms with Crippen LogP contribution < -0.4 is 4.74 Å². The lowest BCUT2D eigenvalue weighted by Gasteiger charge is -2.59. The van der Waals surface area contributed by atoms with Gasteiger partial charge in [0, 0.05) is 12.3 Å². The van der Waals surface area contributed by atoms with Crippen LogP contribution in [0.5, 0.6) is 5.75 Å². The Labute approximate surface area is 199 Å². The minimum absolute atomic E-state index is 0.196. The first kappa shape index (κ1) is 22.9. The highest BCUT2D eigenvalue weighted by Crippen LogP contribution is 2.68. The minimum Gasteiger partial charge on any atom is -0.497 e. The molecule has 6 atom stereocenters. The van der Waals surface area contributed by atoms with Crippen LogP contribution in [0.2, 0.25) is 0 Å². The van der Waals surface area contributed by atoms with Crippen LogP contribution >= 0.6 is 0 Å². The maximum atomic E-state index is 12.8. The van der Waals surface area contributed by atoms with Crippen molar-refractivity contribution in [3.63, 3.8) is 0 Å². The lowest BCUT2D eigenvalue weighted by Crippen LogP contribution is -2.52. The molecule has 0 spiro atoms. The second-order valence-corrected chi connectivity index (χ2v) is 11.7. The molecule has 1 aromatic carbocycles. The Bertz CT molecular complexity index is 944. The van der Waals surface area contributed by atoms with Crippen molar-refractivity contribution in [3.8, 4) is 5.75 Å². The Morgan fingerprint density at radius 1 is 1.03 bits per heavy atom. The van der Waals surface area contributed by atoms with Crippen LogP contribution in [0.3, 0.4) is 0 Å². The highest BCUT2D eigenvalue weighted by molar-refractivity contribution is 5.91. The number of ketones is 2. The molecule has 3 nitrogen and oxygen atoms in total. The molecule has 0 amide bonds. The quantitative estimate of drug-likeness (QED) is 0.484. The monoisotopic (exact) mass is 448 g/mol. The predicted molar refractivity (Wildman–Crippen MR) is 131 cm³/mol. The molecule has 0 aromatic heterocycles. The minimum atomic E-state index is 0.196. The van der Waals surface area contributed by atoms with Crippen molar-refractivity contribution in [2.45, 2.75) is 84.5 Å². The molecule has 0 bridgehead atoms. The topological polar surface area (TPSA) is 43.4 Å². The van der Waals surface area contributed by atoms with E-state index in [0.29, 0.717) is 23.4 Å². The third kappa shape index (κ3) is 3.80. The van der Waals surface area contributed by atoms with Gasteiger partial charge >= 0.3 is 0 Å². The zero-order valence-corrected chi connectivity index (χ0v) is 20.7. The van der Waals surface area contributed by atoms with E-state index in [1.54, 1.807) is 7.11 Å². The van der Waals surface area contributed by atoms with Crippen LogP contribution in [0.25, 0.3) is 0 Å². The number of ether oxygens (including phenoxy) is 1. The van der Waals surface area contributed by atoms with Crippen LogP contribution in [-0.2, 0) is 16.0 Å². The molecule has 0 unspecified atom stereocenters. The fourth-order valence-corrected chi connectivity index (χ4v) is 8.88. The van der Waals surface area contributed by atoms with Gasteiger partial charge in [-0.2, -0.15) is 0 Å². The molecule has 4 aliphatic rings. The number of hydrogen-bond donors (Lipinski definition) is 0. The maximum absolute atomic E-state index is 12.8. The number of aryl methyl sites for hydroxylation is 1. The van der Waals surface area contributed by atoms with E-state index in [0.717, 1.165) is 50.2 Å². The normalized spacial score (nSPS) is 37.5. The second kappa shape index (κ2) is 8.71. The molecular formula is C30H40O3. The highest BCUT2D eigenvalue weighted by Gasteiger charge is 2.61. The van der Waals surface area contributed by atoms with Crippen molar-refractivity contribution in [1.29, 1.82) is 0 Å². The first-order valence-electron chi connectivity index (χ1n) is 13.2. The van der Waals surface area contributed by atoms with Gasteiger partial charge in [0.1, 0.15) is 11.5 Å². The van der Waals surface area contributed by atoms with E-state index < -0.39 is 0 Å². The fourth-order valence-electron chi connectivity index (χ4n) is 8.88. The van der Waals surface area contributed by atoms with E-state index in [2.05, 4.69) is 31.2 Å². The van der Waals surface area contributed by atoms with Crippen LogP contribution in [0.15, 0.2) is 35.9 Å². The molecule has 0 saturated heterocycles. The largest absolute Gasteiger partial charge is 0.497 e. The molecule has 178 valence electrons. The van der Waals surface area contributed by atoms with Gasteiger partial charge in [-0.1, -0.05) is 24.6 Å². The lowest BCUT2D eigenvalue weighted by atomic mass is 9.45. The molecule has 3 fully saturated rings. The second-order valence-electron chi connectivity index (χ2n) is 11.7. The van der Waals surface area contributed by atoms with E-state index in [-0.39, 0.29) is 16.7 Å². The molecular weight excluding hydrogens is 408 g/mol. The standard InChI is InChI=1S/C30H40O3/c1-20(31)26-12-13-28-25-11-8-22-19-23(32)14-17-29(22,2)27(25)15-18-30(26,28)16-4-5-21-6-9-24(33-3)10-7-21/h6-7,9-10,19,25-28H,4-5,8,11-18H2,1-3H3/t25-,26-,27+,28+,29+,30-/m1/s1. The number of carbonyl (C=O) groups is 2. The zero-order chi connectivity index (χ0) is 23.2. The van der Waals surface area contributed by atoms with E-state index in [1.165, 1.54) is 43.2 Å². The fraction of sp³-hybridized carbons (Fsp3) is 0.667. The van der Waals surface area contributed by atoms with E-state index in [1.807, 2.05) is 13.0 Å². The average Bonchev–Trinajstić information content (AvgIpc) is 3.20. The van der Waals surface area contributed by atoms with Gasteiger partial charge in [0.05, 0.1) is 7.11 Å². The number of hydrogen-bond acceptors (Lipinski definition) is 3. The summed E-state index contributed by atoms with van der Waals surface area (Å²) in [5, 5.41) is 0. The number of carbonyl (C=O) groups excluding carboxylic acids is 2. The maximum Gasteiger partial charge on any atom is 0.155 e. The number of allylic oxidation sites excluding steroid dienone is 1. The molecule has 0 radical (unpaired) electrons. The third-order valence-electron chi connectivity index (χ3n) is 10.4. The van der Waals surface area contributed by atoms with Crippen molar-refractivity contribution in [1.82, 2.24) is 0 Å². The van der Waals surface area contributed by atoms with E-state index in [9.17, 15) is 9.59 Å². The Morgan fingerprint density at radius 2 is 1.82 bits per heavy atom. The van der Waals surface area contributed by atoms with E-state index >= 15 is 0 Å². The van der Waals surface area contributed by atoms with Crippen molar-refractivity contribution < 1.29 is 14.3 Å². The van der Waals surface area contributed by atoms with Gasteiger partial charge in [0.2, 0.25) is 0 Å². The summed E-state index contributed by atoms with van der Waals surface area (Å²) in [5.74, 6) is 4.00. The summed E-state index contributed by atoms with van der Waals surface area (Å²) < 4.78 is 5.31. The highest BCUT2D eigenvalue weighted by atomic mass is 16.5. The van der Waals surface area contributed by atoms with Crippen molar-refractivity contribution in [3.05, 3.63) is 41.5 Å². The van der Waals surface area contributed by atoms with Crippen LogP contribution in [-0.4, -0.2) is 18.7 Å². The number of Topliss-reactive ketones (excluding diaryl/α,β-unsaturated/α-hetero) is 1. The summed E-state index contributed by atoms with van der Waals surface area (Å²) in [6, 6.07) is 8.47. The molecule has 3 heteroatoms. The third-order valence-corrected chi connectivity index (χ3v) is 10.4. The smallest absolute Gasteiger partial charge is 0.155 e. The number of fused-ring (bicyclic) bond motifs is 5. The van der Waals surface area contributed by atoms with Crippen LogP contribution in [0, 0.1) is 34.5 Å². The Balaban J connectivity index is 1.36. The van der Waals surface area contributed by atoms with Gasteiger partial charge in [-0.15, -0.1) is 0 Å². The first-order valence-corrected chi connectivity index (χ1v) is 13.2. The summed E-state index contributed by atoms with van der Waals surface area (Å²) in [7, 11) is 1.71. The summed E-state index contributed by atoms with van der Waals surface area (Å²) in [4.78, 5) is 25.0. The SMILES string of the molecule is COc1ccc(CCC[C@]23CC[C@H]4[C@@H](CCC5=CC(=O)CC[C@@]54C)[C@@H]2CC[C@@H]3C(C)=O)cc1. The van der Waals surface area contributed by atoms with Gasteiger partial charge < -0.3 is 4.74 Å². The van der Waals surface area contributed by atoms with Gasteiger partial charge in [0.15, 0.2) is 5.78 Å². The number of methoxy groups -OCH3 is 1. The average molecular weight is 449 g/mol. The molecule has 0 aliphatic heterocycles. The molecule has 4 aliphatic carbocycles. The molecule has 1 aromatic rings. The molecule has 0 N–H and O–H groups in total. The molecule has 5 rings (SSSR count). The molecule has 33 heavy (non-hydrogen) atoms. The van der Waals surface area contributed by atoms with Crippen molar-refractivity contribution in [2.24, 2.45) is 34.5 Å². The van der Waals surface area contributed by atoms with Crippen molar-refractivity contribution >= 4 is 11.6 Å². The summed E-state index contributed by atoms with van der Waals surface area (Å²) >= 11 is 0. The van der Waals surface area contributed by atoms with Gasteiger partial charge in [-0.25, -0.2) is 0 Å². The number of benzene rings is 1. The summed E-state index contributed by atoms with van der Waals surface area (Å²) in [6.07, 6.45) is 14.2. The van der Waals surface area contributed by atoms with Gasteiger partial charge in [0.25, 0.3) is 0 Å². The summed E-state index contributed by atoms with van der Waals surface area (Å²) in [5.41, 5.74) is 3.21. The first-order chi connectivity index (χ1) is 15.9. The molecule has 3 saturated carbocycles. The van der Waals surface area contributed by atoms with Gasteiger partial charge in [-0.3, -0.25) is 9.59 Å². The lowest BCUT2D eigenvalue weighted by molar-refractivity contribution is -0.130. The zero-order valence-electron chi connectivity index (χ0n) is 20.7. The Hall–Kier alpha value is -1.90. The predicted octanol–water partition coefficient (Wildman–Crippen LogP) is 6.74. The summed E-state index contributed by atoms with van der Waals surface area (Å²) in [6.45, 7) is 4.30. The van der Waals surface area contributed by atoms with Gasteiger partial charge in [-0.05, 0) is 123 Å². The Kier molecular flexibility index (Phi) is 6.04. The van der Waals surface area contributed by atoms with E-state index in [4.69, 9.17) is 4.74 Å². The number of rotatable bonds is 6. The molecule has 0 heterocycles. The van der Waals surface area contributed by atoms with Crippen LogP contribution in [0.1, 0.15) is 83.6 Å². The van der Waals surface area contributed by atoms with Crippen molar-refractivity contribution in [2.75, 3.05) is 7.11 Å².